The normalized spacial score (nSPS) is 21.3. The van der Waals surface area contributed by atoms with E-state index in [-0.39, 0.29) is 17.7 Å². The third-order valence-electron chi connectivity index (χ3n) is 5.65. The number of piperidine rings is 1. The molecule has 2 fully saturated rings. The maximum atomic E-state index is 12.8. The average Bonchev–Trinajstić information content (AvgIpc) is 2.97. The fourth-order valence-electron chi connectivity index (χ4n) is 4.11. The van der Waals surface area contributed by atoms with Gasteiger partial charge in [-0.25, -0.2) is 4.79 Å². The van der Waals surface area contributed by atoms with Crippen molar-refractivity contribution >= 4 is 23.5 Å². The van der Waals surface area contributed by atoms with E-state index < -0.39 is 12.0 Å². The molecule has 1 aromatic rings. The van der Waals surface area contributed by atoms with E-state index >= 15 is 0 Å². The van der Waals surface area contributed by atoms with Gasteiger partial charge in [-0.3, -0.25) is 9.59 Å². The predicted octanol–water partition coefficient (Wildman–Crippen LogP) is 3.67. The fraction of sp³-hybridized carbons (Fsp3) is 0.571. The minimum Gasteiger partial charge on any atom is -0.480 e. The molecule has 1 heterocycles. The number of carboxylic acid groups (broad SMARTS) is 1. The first kappa shape index (κ1) is 19.4. The number of carbonyl (C=O) groups is 3. The molecule has 0 bridgehead atoms. The Morgan fingerprint density at radius 1 is 0.963 bits per heavy atom. The number of likely N-dealkylation sites (tertiary alicyclic amines) is 1. The lowest BCUT2D eigenvalue weighted by atomic mass is 9.99. The molecule has 6 heteroatoms. The number of carbonyl (C=O) groups excluding carboxylic acids is 2. The lowest BCUT2D eigenvalue weighted by Gasteiger charge is -2.33. The van der Waals surface area contributed by atoms with E-state index in [0.717, 1.165) is 38.5 Å². The highest BCUT2D eigenvalue weighted by molar-refractivity contribution is 5.99. The number of anilines is 1. The van der Waals surface area contributed by atoms with Crippen LogP contribution in [0, 0.1) is 5.92 Å². The Bertz CT molecular complexity index is 695. The molecule has 27 heavy (non-hydrogen) atoms. The van der Waals surface area contributed by atoms with Gasteiger partial charge < -0.3 is 15.3 Å². The number of hydrogen-bond acceptors (Lipinski definition) is 3. The number of rotatable bonds is 4. The second-order valence-corrected chi connectivity index (χ2v) is 7.61. The molecule has 1 saturated carbocycles. The van der Waals surface area contributed by atoms with E-state index in [9.17, 15) is 19.5 Å². The molecule has 1 atom stereocenters. The van der Waals surface area contributed by atoms with Gasteiger partial charge in [0.25, 0.3) is 5.91 Å². The van der Waals surface area contributed by atoms with E-state index in [1.54, 1.807) is 24.3 Å². The highest BCUT2D eigenvalue weighted by Crippen LogP contribution is 2.25. The van der Waals surface area contributed by atoms with Gasteiger partial charge in [0.2, 0.25) is 5.91 Å². The summed E-state index contributed by atoms with van der Waals surface area (Å²) in [5.41, 5.74) is 1.01. The minimum absolute atomic E-state index is 0.0166. The molecule has 2 amide bonds. The zero-order valence-corrected chi connectivity index (χ0v) is 15.7. The summed E-state index contributed by atoms with van der Waals surface area (Å²) in [6, 6.07) is 6.07. The Morgan fingerprint density at radius 3 is 2.37 bits per heavy atom. The molecule has 2 aliphatic rings. The summed E-state index contributed by atoms with van der Waals surface area (Å²) >= 11 is 0. The second kappa shape index (κ2) is 9.02. The van der Waals surface area contributed by atoms with Gasteiger partial charge in [-0.2, -0.15) is 0 Å². The molecule has 2 N–H and O–H groups in total. The molecule has 0 aromatic heterocycles. The molecule has 6 nitrogen and oxygen atoms in total. The van der Waals surface area contributed by atoms with Crippen molar-refractivity contribution in [2.75, 3.05) is 11.9 Å². The maximum Gasteiger partial charge on any atom is 0.326 e. The molecule has 1 aliphatic heterocycles. The van der Waals surface area contributed by atoms with Crippen LogP contribution in [0.25, 0.3) is 0 Å². The van der Waals surface area contributed by atoms with Gasteiger partial charge in [0.15, 0.2) is 0 Å². The Balaban J connectivity index is 1.69. The average molecular weight is 372 g/mol. The number of amides is 2. The van der Waals surface area contributed by atoms with E-state index in [2.05, 4.69) is 5.32 Å². The summed E-state index contributed by atoms with van der Waals surface area (Å²) in [7, 11) is 0. The lowest BCUT2D eigenvalue weighted by Crippen LogP contribution is -2.48. The Hall–Kier alpha value is -2.37. The molecule has 1 aliphatic carbocycles. The molecule has 146 valence electrons. The number of nitrogens with zero attached hydrogens (tertiary/aromatic N) is 1. The van der Waals surface area contributed by atoms with Crippen molar-refractivity contribution in [1.82, 2.24) is 4.90 Å². The molecule has 1 aromatic carbocycles. The Morgan fingerprint density at radius 2 is 1.67 bits per heavy atom. The van der Waals surface area contributed by atoms with E-state index in [0.29, 0.717) is 24.2 Å². The molecular formula is C21H28N2O4. The maximum absolute atomic E-state index is 12.8. The van der Waals surface area contributed by atoms with Crippen LogP contribution in [0.4, 0.5) is 5.69 Å². The van der Waals surface area contributed by atoms with E-state index in [1.165, 1.54) is 17.7 Å². The number of aliphatic carboxylic acids is 1. The van der Waals surface area contributed by atoms with Crippen LogP contribution in [-0.2, 0) is 9.59 Å². The highest BCUT2D eigenvalue weighted by Gasteiger charge is 2.32. The van der Waals surface area contributed by atoms with Crippen LogP contribution in [0.3, 0.4) is 0 Å². The van der Waals surface area contributed by atoms with Crippen LogP contribution >= 0.6 is 0 Å². The first-order valence-corrected chi connectivity index (χ1v) is 10.0. The third-order valence-corrected chi connectivity index (χ3v) is 5.65. The number of hydrogen-bond donors (Lipinski definition) is 2. The van der Waals surface area contributed by atoms with Gasteiger partial charge >= 0.3 is 5.97 Å². The van der Waals surface area contributed by atoms with Crippen molar-refractivity contribution in [2.24, 2.45) is 5.92 Å². The van der Waals surface area contributed by atoms with Crippen LogP contribution in [0.2, 0.25) is 0 Å². The largest absolute Gasteiger partial charge is 0.480 e. The van der Waals surface area contributed by atoms with Crippen molar-refractivity contribution in [3.05, 3.63) is 29.8 Å². The van der Waals surface area contributed by atoms with Crippen molar-refractivity contribution < 1.29 is 19.5 Å². The lowest BCUT2D eigenvalue weighted by molar-refractivity contribution is -0.143. The summed E-state index contributed by atoms with van der Waals surface area (Å²) in [4.78, 5) is 38.3. The Labute approximate surface area is 159 Å². The number of nitrogens with one attached hydrogen (secondary N) is 1. The highest BCUT2D eigenvalue weighted by atomic mass is 16.4. The zero-order chi connectivity index (χ0) is 19.2. The summed E-state index contributed by atoms with van der Waals surface area (Å²) < 4.78 is 0. The van der Waals surface area contributed by atoms with Crippen LogP contribution in [0.5, 0.6) is 0 Å². The van der Waals surface area contributed by atoms with Crippen molar-refractivity contribution in [3.63, 3.8) is 0 Å². The minimum atomic E-state index is -0.958. The van der Waals surface area contributed by atoms with Crippen LogP contribution in [0.1, 0.15) is 68.1 Å². The standard InChI is InChI=1S/C21H28N2O4/c24-19(15-8-3-1-2-4-9-15)22-17-11-7-10-16(14-17)20(25)23-13-6-5-12-18(23)21(26)27/h7,10-11,14-15,18H,1-6,8-9,12-13H2,(H,22,24)(H,26,27). The van der Waals surface area contributed by atoms with Gasteiger partial charge in [-0.15, -0.1) is 0 Å². The van der Waals surface area contributed by atoms with Crippen LogP contribution < -0.4 is 5.32 Å². The van der Waals surface area contributed by atoms with Gasteiger partial charge in [0.1, 0.15) is 6.04 Å². The molecule has 1 saturated heterocycles. The molecule has 0 radical (unpaired) electrons. The van der Waals surface area contributed by atoms with E-state index in [4.69, 9.17) is 0 Å². The van der Waals surface area contributed by atoms with Gasteiger partial charge in [-0.1, -0.05) is 31.7 Å². The topological polar surface area (TPSA) is 86.7 Å². The Kier molecular flexibility index (Phi) is 6.48. The summed E-state index contributed by atoms with van der Waals surface area (Å²) in [5, 5.41) is 12.3. The molecule has 3 rings (SSSR count). The van der Waals surface area contributed by atoms with Gasteiger partial charge in [0.05, 0.1) is 0 Å². The molecule has 0 spiro atoms. The SMILES string of the molecule is O=C(Nc1cccc(C(=O)N2CCCCC2C(=O)O)c1)C1CCCCCC1. The first-order valence-electron chi connectivity index (χ1n) is 10.0. The quantitative estimate of drug-likeness (QED) is 0.790. The van der Waals surface area contributed by atoms with Gasteiger partial charge in [0, 0.05) is 23.7 Å². The first-order chi connectivity index (χ1) is 13.1. The molecule has 1 unspecified atom stereocenters. The van der Waals surface area contributed by atoms with Crippen LogP contribution in [0.15, 0.2) is 24.3 Å². The summed E-state index contributed by atoms with van der Waals surface area (Å²) in [6.07, 6.45) is 8.50. The van der Waals surface area contributed by atoms with Crippen molar-refractivity contribution in [2.45, 2.75) is 63.8 Å². The third kappa shape index (κ3) is 4.87. The smallest absolute Gasteiger partial charge is 0.326 e. The summed E-state index contributed by atoms with van der Waals surface area (Å²) in [6.45, 7) is 0.453. The zero-order valence-electron chi connectivity index (χ0n) is 15.7. The van der Waals surface area contributed by atoms with Gasteiger partial charge in [-0.05, 0) is 50.3 Å². The number of carboxylic acids is 1. The van der Waals surface area contributed by atoms with Crippen molar-refractivity contribution in [3.8, 4) is 0 Å². The second-order valence-electron chi connectivity index (χ2n) is 7.61. The van der Waals surface area contributed by atoms with E-state index in [1.807, 2.05) is 0 Å². The fourth-order valence-corrected chi connectivity index (χ4v) is 4.11. The summed E-state index contributed by atoms with van der Waals surface area (Å²) in [5.74, 6) is -1.19. The monoisotopic (exact) mass is 372 g/mol. The number of benzene rings is 1. The van der Waals surface area contributed by atoms with Crippen molar-refractivity contribution in [1.29, 1.82) is 0 Å². The predicted molar refractivity (Wildman–Crippen MR) is 103 cm³/mol. The van der Waals surface area contributed by atoms with Crippen LogP contribution in [-0.4, -0.2) is 40.4 Å². The molecular weight excluding hydrogens is 344 g/mol.